The van der Waals surface area contributed by atoms with Crippen LogP contribution in [0.15, 0.2) is 77.7 Å². The molecule has 5 nitrogen and oxygen atoms in total. The summed E-state index contributed by atoms with van der Waals surface area (Å²) < 4.78 is 40.5. The maximum atomic E-state index is 13.1. The fraction of sp³-hybridized carbons (Fsp3) is 0.136. The smallest absolute Gasteiger partial charge is 0.261 e. The first kappa shape index (κ1) is 21.8. The van der Waals surface area contributed by atoms with Crippen molar-refractivity contribution in [2.45, 2.75) is 17.7 Å². The van der Waals surface area contributed by atoms with Crippen LogP contribution in [0.1, 0.15) is 28.8 Å². The third-order valence-corrected chi connectivity index (χ3v) is 6.25. The number of hydrogen-bond acceptors (Lipinski definition) is 3. The molecular formula is C22H20ClFN2O3S. The van der Waals surface area contributed by atoms with Crippen LogP contribution in [0.25, 0.3) is 0 Å². The molecule has 1 amide bonds. The molecule has 0 saturated heterocycles. The van der Waals surface area contributed by atoms with Gasteiger partial charge in [0.05, 0.1) is 15.6 Å². The lowest BCUT2D eigenvalue weighted by molar-refractivity contribution is 0.0951. The highest BCUT2D eigenvalue weighted by atomic mass is 35.5. The summed E-state index contributed by atoms with van der Waals surface area (Å²) in [5.41, 5.74) is 1.42. The van der Waals surface area contributed by atoms with Crippen molar-refractivity contribution < 1.29 is 17.6 Å². The second-order valence-electron chi connectivity index (χ2n) is 6.78. The number of halogens is 2. The molecule has 0 spiro atoms. The third-order valence-electron chi connectivity index (χ3n) is 4.53. The first-order valence-corrected chi connectivity index (χ1v) is 11.0. The molecule has 1 unspecified atom stereocenters. The zero-order chi connectivity index (χ0) is 21.7. The largest absolute Gasteiger partial charge is 0.351 e. The van der Waals surface area contributed by atoms with Crippen LogP contribution in [0.5, 0.6) is 0 Å². The minimum absolute atomic E-state index is 0.0600. The first-order valence-electron chi connectivity index (χ1n) is 9.17. The van der Waals surface area contributed by atoms with Crippen molar-refractivity contribution in [3.8, 4) is 0 Å². The van der Waals surface area contributed by atoms with Crippen LogP contribution in [-0.4, -0.2) is 20.9 Å². The molecule has 0 fully saturated rings. The molecule has 3 aromatic rings. The molecule has 0 heterocycles. The summed E-state index contributed by atoms with van der Waals surface area (Å²) >= 11 is 6.11. The molecule has 156 valence electrons. The SMILES string of the molecule is CC(CNC(=O)c1ccc(Cl)c(NS(=O)(=O)c2ccc(F)cc2)c1)c1ccccc1. The standard InChI is InChI=1S/C22H20ClFN2O3S/c1-15(16-5-3-2-4-6-16)14-25-22(27)17-7-12-20(23)21(13-17)26-30(28,29)19-10-8-18(24)9-11-19/h2-13,15,26H,14H2,1H3,(H,25,27). The number of amides is 1. The van der Waals surface area contributed by atoms with Crippen LogP contribution < -0.4 is 10.0 Å². The Morgan fingerprint density at radius 2 is 1.70 bits per heavy atom. The molecule has 0 aliphatic rings. The molecule has 0 aliphatic heterocycles. The van der Waals surface area contributed by atoms with E-state index in [1.807, 2.05) is 37.3 Å². The fourth-order valence-corrected chi connectivity index (χ4v) is 4.10. The number of carbonyl (C=O) groups is 1. The Morgan fingerprint density at radius 3 is 2.37 bits per heavy atom. The minimum Gasteiger partial charge on any atom is -0.351 e. The van der Waals surface area contributed by atoms with Crippen molar-refractivity contribution in [2.75, 3.05) is 11.3 Å². The lowest BCUT2D eigenvalue weighted by Gasteiger charge is -2.14. The number of sulfonamides is 1. The second-order valence-corrected chi connectivity index (χ2v) is 8.87. The maximum absolute atomic E-state index is 13.1. The quantitative estimate of drug-likeness (QED) is 0.546. The molecule has 0 radical (unpaired) electrons. The van der Waals surface area contributed by atoms with E-state index < -0.39 is 15.8 Å². The van der Waals surface area contributed by atoms with E-state index in [1.165, 1.54) is 18.2 Å². The molecule has 30 heavy (non-hydrogen) atoms. The van der Waals surface area contributed by atoms with Gasteiger partial charge in [-0.3, -0.25) is 9.52 Å². The number of anilines is 1. The Balaban J connectivity index is 1.73. The predicted octanol–water partition coefficient (Wildman–Crippen LogP) is 4.81. The molecule has 3 aromatic carbocycles. The molecule has 2 N–H and O–H groups in total. The van der Waals surface area contributed by atoms with E-state index in [2.05, 4.69) is 10.0 Å². The van der Waals surface area contributed by atoms with Gasteiger partial charge in [-0.15, -0.1) is 0 Å². The number of hydrogen-bond donors (Lipinski definition) is 2. The minimum atomic E-state index is -3.99. The van der Waals surface area contributed by atoms with Gasteiger partial charge in [0.25, 0.3) is 15.9 Å². The van der Waals surface area contributed by atoms with Crippen LogP contribution >= 0.6 is 11.6 Å². The van der Waals surface area contributed by atoms with Crippen molar-refractivity contribution in [3.63, 3.8) is 0 Å². The summed E-state index contributed by atoms with van der Waals surface area (Å²) in [7, 11) is -3.99. The Hall–Kier alpha value is -2.90. The van der Waals surface area contributed by atoms with Crippen LogP contribution in [0.3, 0.4) is 0 Å². The Kier molecular flexibility index (Phi) is 6.74. The monoisotopic (exact) mass is 446 g/mol. The van der Waals surface area contributed by atoms with E-state index in [0.717, 1.165) is 29.8 Å². The summed E-state index contributed by atoms with van der Waals surface area (Å²) in [5, 5.41) is 2.98. The van der Waals surface area contributed by atoms with Gasteiger partial charge in [0.2, 0.25) is 0 Å². The van der Waals surface area contributed by atoms with E-state index in [1.54, 1.807) is 0 Å². The zero-order valence-electron chi connectivity index (χ0n) is 16.1. The summed E-state index contributed by atoms with van der Waals surface area (Å²) in [6, 6.07) is 18.5. The summed E-state index contributed by atoms with van der Waals surface area (Å²) in [4.78, 5) is 12.4. The summed E-state index contributed by atoms with van der Waals surface area (Å²) in [5.74, 6) is -0.786. The second kappa shape index (κ2) is 9.28. The van der Waals surface area contributed by atoms with Gasteiger partial charge in [0.1, 0.15) is 5.82 Å². The highest BCUT2D eigenvalue weighted by Gasteiger charge is 2.18. The van der Waals surface area contributed by atoms with Gasteiger partial charge in [-0.25, -0.2) is 12.8 Å². The van der Waals surface area contributed by atoms with Gasteiger partial charge in [-0.1, -0.05) is 48.9 Å². The average Bonchev–Trinajstić information content (AvgIpc) is 2.74. The third kappa shape index (κ3) is 5.37. The fourth-order valence-electron chi connectivity index (χ4n) is 2.81. The average molecular weight is 447 g/mol. The Labute approximate surface area is 179 Å². The molecule has 1 atom stereocenters. The molecule has 0 aromatic heterocycles. The Bertz CT molecular complexity index is 1140. The molecule has 0 bridgehead atoms. The van der Waals surface area contributed by atoms with Crippen LogP contribution in [-0.2, 0) is 10.0 Å². The van der Waals surface area contributed by atoms with Crippen LogP contribution in [0.4, 0.5) is 10.1 Å². The predicted molar refractivity (Wildman–Crippen MR) is 116 cm³/mol. The molecule has 0 saturated carbocycles. The number of carbonyl (C=O) groups excluding carboxylic acids is 1. The van der Waals surface area contributed by atoms with Gasteiger partial charge in [-0.2, -0.15) is 0 Å². The van der Waals surface area contributed by atoms with E-state index in [4.69, 9.17) is 11.6 Å². The Morgan fingerprint density at radius 1 is 1.03 bits per heavy atom. The van der Waals surface area contributed by atoms with Gasteiger partial charge >= 0.3 is 0 Å². The lowest BCUT2D eigenvalue weighted by atomic mass is 10.0. The topological polar surface area (TPSA) is 75.3 Å². The van der Waals surface area contributed by atoms with Gasteiger partial charge in [0.15, 0.2) is 0 Å². The molecular weight excluding hydrogens is 427 g/mol. The van der Waals surface area contributed by atoms with Crippen molar-refractivity contribution >= 4 is 33.2 Å². The zero-order valence-corrected chi connectivity index (χ0v) is 17.7. The van der Waals surface area contributed by atoms with E-state index >= 15 is 0 Å². The lowest BCUT2D eigenvalue weighted by Crippen LogP contribution is -2.27. The summed E-state index contributed by atoms with van der Waals surface area (Å²) in [6.07, 6.45) is 0. The summed E-state index contributed by atoms with van der Waals surface area (Å²) in [6.45, 7) is 2.42. The van der Waals surface area contributed by atoms with Gasteiger partial charge in [0, 0.05) is 12.1 Å². The first-order chi connectivity index (χ1) is 14.3. The molecule has 8 heteroatoms. The van der Waals surface area contributed by atoms with Crippen LogP contribution in [0.2, 0.25) is 5.02 Å². The normalized spacial score (nSPS) is 12.2. The van der Waals surface area contributed by atoms with Crippen LogP contribution in [0, 0.1) is 5.82 Å². The van der Waals surface area contributed by atoms with E-state index in [0.29, 0.717) is 6.54 Å². The number of rotatable bonds is 7. The number of nitrogens with one attached hydrogen (secondary N) is 2. The number of benzene rings is 3. The molecule has 0 aliphatic carbocycles. The molecule has 3 rings (SSSR count). The highest BCUT2D eigenvalue weighted by Crippen LogP contribution is 2.26. The van der Waals surface area contributed by atoms with Crippen molar-refractivity contribution in [2.24, 2.45) is 0 Å². The van der Waals surface area contributed by atoms with Crippen molar-refractivity contribution in [3.05, 3.63) is 94.8 Å². The van der Waals surface area contributed by atoms with Crippen molar-refractivity contribution in [1.82, 2.24) is 5.32 Å². The van der Waals surface area contributed by atoms with E-state index in [9.17, 15) is 17.6 Å². The highest BCUT2D eigenvalue weighted by molar-refractivity contribution is 7.92. The van der Waals surface area contributed by atoms with Crippen molar-refractivity contribution in [1.29, 1.82) is 0 Å². The van der Waals surface area contributed by atoms with Gasteiger partial charge < -0.3 is 5.32 Å². The van der Waals surface area contributed by atoms with Gasteiger partial charge in [-0.05, 0) is 53.9 Å². The van der Waals surface area contributed by atoms with E-state index in [-0.39, 0.29) is 33.0 Å². The maximum Gasteiger partial charge on any atom is 0.261 e.